The second-order valence-corrected chi connectivity index (χ2v) is 5.70. The lowest BCUT2D eigenvalue weighted by atomic mass is 10.00. The number of carbonyl (C=O) groups excluding carboxylic acids is 1. The Balaban J connectivity index is 3.00. The molecule has 1 aliphatic heterocycles. The molecule has 2 N–H and O–H groups in total. The molecule has 1 amide bonds. The molecule has 0 aliphatic carbocycles. The van der Waals surface area contributed by atoms with Crippen molar-refractivity contribution in [3.63, 3.8) is 0 Å². The highest BCUT2D eigenvalue weighted by atomic mass is 19.4. The molecule has 0 spiro atoms. The summed E-state index contributed by atoms with van der Waals surface area (Å²) in [6.07, 6.45) is -7.35. The summed E-state index contributed by atoms with van der Waals surface area (Å²) in [5.74, 6) is -1.63. The number of hydrogen-bond acceptors (Lipinski definition) is 4. The van der Waals surface area contributed by atoms with E-state index < -0.39 is 48.4 Å². The number of carboxylic acids is 1. The van der Waals surface area contributed by atoms with Crippen LogP contribution in [0, 0.1) is 0 Å². The number of alkyl halides is 3. The Labute approximate surface area is 113 Å². The van der Waals surface area contributed by atoms with E-state index in [2.05, 4.69) is 0 Å². The van der Waals surface area contributed by atoms with Crippen LogP contribution in [0.15, 0.2) is 0 Å². The topological polar surface area (TPSA) is 87.1 Å². The zero-order valence-electron chi connectivity index (χ0n) is 11.2. The molecule has 0 aromatic carbocycles. The zero-order valence-corrected chi connectivity index (χ0v) is 11.2. The summed E-state index contributed by atoms with van der Waals surface area (Å²) < 4.78 is 43.1. The van der Waals surface area contributed by atoms with Crippen LogP contribution >= 0.6 is 0 Å². The summed E-state index contributed by atoms with van der Waals surface area (Å²) in [5.41, 5.74) is -4.23. The number of carboxylic acid groups (broad SMARTS) is 1. The van der Waals surface area contributed by atoms with E-state index in [4.69, 9.17) is 9.84 Å². The van der Waals surface area contributed by atoms with Gasteiger partial charge in [-0.15, -0.1) is 0 Å². The van der Waals surface area contributed by atoms with E-state index in [1.54, 1.807) is 0 Å². The van der Waals surface area contributed by atoms with Gasteiger partial charge >= 0.3 is 18.2 Å². The first-order valence-electron chi connectivity index (χ1n) is 5.78. The third kappa shape index (κ3) is 3.33. The predicted octanol–water partition coefficient (Wildman–Crippen LogP) is 1.37. The summed E-state index contributed by atoms with van der Waals surface area (Å²) in [7, 11) is 0. The van der Waals surface area contributed by atoms with E-state index in [-0.39, 0.29) is 0 Å². The van der Waals surface area contributed by atoms with Crippen LogP contribution in [0.1, 0.15) is 27.2 Å². The minimum atomic E-state index is -5.03. The zero-order chi connectivity index (χ0) is 15.9. The Morgan fingerprint density at radius 2 is 1.80 bits per heavy atom. The molecule has 0 aromatic heterocycles. The van der Waals surface area contributed by atoms with Crippen LogP contribution in [0.5, 0.6) is 0 Å². The number of aliphatic carboxylic acids is 1. The van der Waals surface area contributed by atoms with Crippen molar-refractivity contribution in [2.45, 2.75) is 50.6 Å². The number of aliphatic hydroxyl groups is 1. The first kappa shape index (κ1) is 16.5. The smallest absolute Gasteiger partial charge is 0.419 e. The first-order chi connectivity index (χ1) is 8.77. The molecule has 0 radical (unpaired) electrons. The van der Waals surface area contributed by atoms with Crippen molar-refractivity contribution < 1.29 is 37.7 Å². The van der Waals surface area contributed by atoms with Gasteiger partial charge in [0.25, 0.3) is 0 Å². The van der Waals surface area contributed by atoms with Crippen LogP contribution in [0.2, 0.25) is 0 Å². The first-order valence-corrected chi connectivity index (χ1v) is 5.78. The second-order valence-electron chi connectivity index (χ2n) is 5.70. The van der Waals surface area contributed by atoms with Gasteiger partial charge in [-0.25, -0.2) is 9.59 Å². The van der Waals surface area contributed by atoms with Crippen LogP contribution in [-0.4, -0.2) is 57.1 Å². The second kappa shape index (κ2) is 4.80. The Morgan fingerprint density at radius 1 is 1.30 bits per heavy atom. The van der Waals surface area contributed by atoms with Crippen molar-refractivity contribution in [1.29, 1.82) is 0 Å². The third-order valence-corrected chi connectivity index (χ3v) is 2.78. The molecule has 2 atom stereocenters. The van der Waals surface area contributed by atoms with Gasteiger partial charge in [0.05, 0.1) is 6.54 Å². The Kier molecular flexibility index (Phi) is 3.97. The molecule has 0 aromatic rings. The van der Waals surface area contributed by atoms with Crippen LogP contribution in [0.3, 0.4) is 0 Å². The van der Waals surface area contributed by atoms with Gasteiger partial charge in [0.1, 0.15) is 11.6 Å². The standard InChI is InChI=1S/C11H16F3NO5/c1-9(2,3)20-8(18)15-5-10(19,11(12,13)14)4-6(15)7(16)17/h6,19H,4-5H2,1-3H3,(H,16,17)/t6-,10?/m0/s1. The average Bonchev–Trinajstić information content (AvgIpc) is 2.54. The van der Waals surface area contributed by atoms with Crippen molar-refractivity contribution in [3.8, 4) is 0 Å². The molecule has 9 heteroatoms. The van der Waals surface area contributed by atoms with Crippen molar-refractivity contribution >= 4 is 12.1 Å². The molecule has 1 rings (SSSR count). The van der Waals surface area contributed by atoms with E-state index in [0.29, 0.717) is 4.90 Å². The highest BCUT2D eigenvalue weighted by molar-refractivity contribution is 5.81. The summed E-state index contributed by atoms with van der Waals surface area (Å²) >= 11 is 0. The summed E-state index contributed by atoms with van der Waals surface area (Å²) in [4.78, 5) is 23.1. The predicted molar refractivity (Wildman–Crippen MR) is 60.0 cm³/mol. The number of β-amino-alcohol motifs (C(OH)–C–C–N with tert-alkyl or cyclic N) is 1. The fourth-order valence-corrected chi connectivity index (χ4v) is 1.82. The number of rotatable bonds is 1. The third-order valence-electron chi connectivity index (χ3n) is 2.78. The maximum absolute atomic E-state index is 12.7. The summed E-state index contributed by atoms with van der Waals surface area (Å²) in [5, 5.41) is 18.4. The largest absolute Gasteiger partial charge is 0.480 e. The van der Waals surface area contributed by atoms with Gasteiger partial charge in [0.2, 0.25) is 0 Å². The lowest BCUT2D eigenvalue weighted by molar-refractivity contribution is -0.253. The SMILES string of the molecule is CC(C)(C)OC(=O)N1CC(O)(C(F)(F)F)C[C@H]1C(=O)O. The van der Waals surface area contributed by atoms with E-state index in [9.17, 15) is 27.9 Å². The number of amides is 1. The molecule has 116 valence electrons. The number of nitrogens with zero attached hydrogens (tertiary/aromatic N) is 1. The molecular formula is C11H16F3NO5. The highest BCUT2D eigenvalue weighted by Crippen LogP contribution is 2.40. The fraction of sp³-hybridized carbons (Fsp3) is 0.818. The Bertz CT molecular complexity index is 417. The van der Waals surface area contributed by atoms with Crippen molar-refractivity contribution in [2.75, 3.05) is 6.54 Å². The van der Waals surface area contributed by atoms with Gasteiger partial charge in [0, 0.05) is 6.42 Å². The van der Waals surface area contributed by atoms with Gasteiger partial charge in [-0.3, -0.25) is 4.90 Å². The van der Waals surface area contributed by atoms with Crippen molar-refractivity contribution in [3.05, 3.63) is 0 Å². The van der Waals surface area contributed by atoms with Crippen molar-refractivity contribution in [1.82, 2.24) is 4.90 Å². The van der Waals surface area contributed by atoms with Gasteiger partial charge in [-0.1, -0.05) is 0 Å². The number of ether oxygens (including phenoxy) is 1. The molecule has 1 heterocycles. The highest BCUT2D eigenvalue weighted by Gasteiger charge is 2.62. The average molecular weight is 299 g/mol. The van der Waals surface area contributed by atoms with Gasteiger partial charge in [-0.2, -0.15) is 13.2 Å². The lowest BCUT2D eigenvalue weighted by Gasteiger charge is -2.28. The minimum Gasteiger partial charge on any atom is -0.480 e. The maximum atomic E-state index is 12.7. The fourth-order valence-electron chi connectivity index (χ4n) is 1.82. The van der Waals surface area contributed by atoms with Gasteiger partial charge in [-0.05, 0) is 20.8 Å². The van der Waals surface area contributed by atoms with Crippen LogP contribution in [0.25, 0.3) is 0 Å². The molecule has 20 heavy (non-hydrogen) atoms. The molecule has 6 nitrogen and oxygen atoms in total. The number of carbonyl (C=O) groups is 2. The van der Waals surface area contributed by atoms with E-state index in [1.807, 2.05) is 0 Å². The molecule has 1 unspecified atom stereocenters. The van der Waals surface area contributed by atoms with E-state index in [1.165, 1.54) is 20.8 Å². The van der Waals surface area contributed by atoms with Crippen LogP contribution in [-0.2, 0) is 9.53 Å². The molecule has 1 aliphatic rings. The molecule has 1 saturated heterocycles. The van der Waals surface area contributed by atoms with E-state index in [0.717, 1.165) is 0 Å². The molecule has 0 saturated carbocycles. The maximum Gasteiger partial charge on any atom is 0.419 e. The number of halogens is 3. The minimum absolute atomic E-state index is 0.390. The lowest BCUT2D eigenvalue weighted by Crippen LogP contribution is -2.48. The molecule has 0 bridgehead atoms. The summed E-state index contributed by atoms with van der Waals surface area (Å²) in [6.45, 7) is 3.31. The van der Waals surface area contributed by atoms with Gasteiger partial charge in [0.15, 0.2) is 5.60 Å². The molecule has 1 fully saturated rings. The molecular weight excluding hydrogens is 283 g/mol. The normalized spacial score (nSPS) is 27.6. The van der Waals surface area contributed by atoms with Crippen molar-refractivity contribution in [2.24, 2.45) is 0 Å². The monoisotopic (exact) mass is 299 g/mol. The summed E-state index contributed by atoms with van der Waals surface area (Å²) in [6, 6.07) is -1.78. The van der Waals surface area contributed by atoms with E-state index >= 15 is 0 Å². The quantitative estimate of drug-likeness (QED) is 0.763. The number of likely N-dealkylation sites (tertiary alicyclic amines) is 1. The van der Waals surface area contributed by atoms with Gasteiger partial charge < -0.3 is 14.9 Å². The Morgan fingerprint density at radius 3 is 2.15 bits per heavy atom. The van der Waals surface area contributed by atoms with Crippen LogP contribution in [0.4, 0.5) is 18.0 Å². The van der Waals surface area contributed by atoms with Crippen LogP contribution < -0.4 is 0 Å². The Hall–Kier alpha value is -1.51. The number of hydrogen-bond donors (Lipinski definition) is 2.